The van der Waals surface area contributed by atoms with E-state index in [1.165, 1.54) is 6.26 Å². The average Bonchev–Trinajstić information content (AvgIpc) is 2.90. The third kappa shape index (κ3) is 5.07. The SMILES string of the molecule is CC(C)CN1CCN(C(=O)Cn2c(CS(C)(=O)=O)nc3ccccc32)CC1. The predicted molar refractivity (Wildman–Crippen MR) is 106 cm³/mol. The summed E-state index contributed by atoms with van der Waals surface area (Å²) in [5.74, 6) is 0.877. The zero-order chi connectivity index (χ0) is 19.6. The molecule has 27 heavy (non-hydrogen) atoms. The van der Waals surface area contributed by atoms with E-state index in [1.807, 2.05) is 29.2 Å². The van der Waals surface area contributed by atoms with Gasteiger partial charge in [0.15, 0.2) is 9.84 Å². The average molecular weight is 393 g/mol. The maximum Gasteiger partial charge on any atom is 0.242 e. The van der Waals surface area contributed by atoms with Crippen LogP contribution >= 0.6 is 0 Å². The van der Waals surface area contributed by atoms with Crippen molar-refractivity contribution in [1.29, 1.82) is 0 Å². The first kappa shape index (κ1) is 19.8. The number of imidazole rings is 1. The zero-order valence-corrected chi connectivity index (χ0v) is 17.1. The summed E-state index contributed by atoms with van der Waals surface area (Å²) in [6, 6.07) is 7.45. The fraction of sp³-hybridized carbons (Fsp3) is 0.579. The topological polar surface area (TPSA) is 75.5 Å². The van der Waals surface area contributed by atoms with Gasteiger partial charge in [0.1, 0.15) is 18.1 Å². The number of carbonyl (C=O) groups is 1. The number of aromatic nitrogens is 2. The highest BCUT2D eigenvalue weighted by atomic mass is 32.2. The van der Waals surface area contributed by atoms with Crippen LogP contribution in [0.15, 0.2) is 24.3 Å². The number of rotatable bonds is 6. The summed E-state index contributed by atoms with van der Waals surface area (Å²) in [7, 11) is -3.24. The Morgan fingerprint density at radius 2 is 1.81 bits per heavy atom. The second kappa shape index (κ2) is 7.98. The summed E-state index contributed by atoms with van der Waals surface area (Å²) >= 11 is 0. The van der Waals surface area contributed by atoms with Crippen LogP contribution in [0, 0.1) is 5.92 Å². The van der Waals surface area contributed by atoms with Crippen LogP contribution < -0.4 is 0 Å². The molecule has 3 rings (SSSR count). The molecule has 1 amide bonds. The summed E-state index contributed by atoms with van der Waals surface area (Å²) in [6.07, 6.45) is 1.19. The summed E-state index contributed by atoms with van der Waals surface area (Å²) < 4.78 is 25.3. The third-order valence-electron chi connectivity index (χ3n) is 4.77. The Labute approximate surface area is 160 Å². The van der Waals surface area contributed by atoms with Gasteiger partial charge in [0.25, 0.3) is 0 Å². The number of para-hydroxylation sites is 2. The van der Waals surface area contributed by atoms with Crippen LogP contribution in [0.25, 0.3) is 11.0 Å². The van der Waals surface area contributed by atoms with Crippen molar-refractivity contribution in [2.75, 3.05) is 39.0 Å². The van der Waals surface area contributed by atoms with Crippen molar-refractivity contribution in [1.82, 2.24) is 19.4 Å². The lowest BCUT2D eigenvalue weighted by molar-refractivity contribution is -0.133. The van der Waals surface area contributed by atoms with Crippen LogP contribution in [0.4, 0.5) is 0 Å². The second-order valence-electron chi connectivity index (χ2n) is 7.75. The van der Waals surface area contributed by atoms with E-state index in [4.69, 9.17) is 0 Å². The van der Waals surface area contributed by atoms with E-state index < -0.39 is 9.84 Å². The summed E-state index contributed by atoms with van der Waals surface area (Å²) in [5, 5.41) is 0. The zero-order valence-electron chi connectivity index (χ0n) is 16.3. The molecule has 2 heterocycles. The molecule has 0 spiro atoms. The van der Waals surface area contributed by atoms with Crippen molar-refractivity contribution in [2.24, 2.45) is 5.92 Å². The van der Waals surface area contributed by atoms with Crippen molar-refractivity contribution in [2.45, 2.75) is 26.1 Å². The largest absolute Gasteiger partial charge is 0.339 e. The van der Waals surface area contributed by atoms with Crippen LogP contribution in [0.2, 0.25) is 0 Å². The highest BCUT2D eigenvalue weighted by Crippen LogP contribution is 2.18. The van der Waals surface area contributed by atoms with Crippen LogP contribution in [0.1, 0.15) is 19.7 Å². The van der Waals surface area contributed by atoms with Crippen molar-refractivity contribution in [3.63, 3.8) is 0 Å². The fourth-order valence-electron chi connectivity index (χ4n) is 3.58. The maximum absolute atomic E-state index is 12.9. The van der Waals surface area contributed by atoms with Crippen molar-refractivity contribution < 1.29 is 13.2 Å². The number of hydrogen-bond donors (Lipinski definition) is 0. The first-order valence-corrected chi connectivity index (χ1v) is 11.4. The molecule has 1 aromatic carbocycles. The molecule has 0 aliphatic carbocycles. The third-order valence-corrected chi connectivity index (χ3v) is 5.55. The molecule has 1 fully saturated rings. The van der Waals surface area contributed by atoms with Gasteiger partial charge in [0, 0.05) is 39.0 Å². The number of piperazine rings is 1. The van der Waals surface area contributed by atoms with Gasteiger partial charge < -0.3 is 9.47 Å². The minimum atomic E-state index is -3.24. The van der Waals surface area contributed by atoms with E-state index in [0.717, 1.165) is 25.2 Å². The molecular weight excluding hydrogens is 364 g/mol. The Kier molecular flexibility index (Phi) is 5.86. The van der Waals surface area contributed by atoms with E-state index in [1.54, 1.807) is 4.57 Å². The van der Waals surface area contributed by atoms with E-state index >= 15 is 0 Å². The number of nitrogens with zero attached hydrogens (tertiary/aromatic N) is 4. The van der Waals surface area contributed by atoms with Crippen LogP contribution in [-0.2, 0) is 26.9 Å². The Bertz CT molecular complexity index is 912. The molecule has 0 radical (unpaired) electrons. The molecule has 1 saturated heterocycles. The highest BCUT2D eigenvalue weighted by Gasteiger charge is 2.24. The fourth-order valence-corrected chi connectivity index (χ4v) is 4.27. The van der Waals surface area contributed by atoms with Gasteiger partial charge in [-0.3, -0.25) is 9.69 Å². The molecule has 148 valence electrons. The smallest absolute Gasteiger partial charge is 0.242 e. The highest BCUT2D eigenvalue weighted by molar-refractivity contribution is 7.89. The predicted octanol–water partition coefficient (Wildman–Crippen LogP) is 1.38. The van der Waals surface area contributed by atoms with E-state index in [-0.39, 0.29) is 18.2 Å². The van der Waals surface area contributed by atoms with Crippen LogP contribution in [0.5, 0.6) is 0 Å². The molecule has 8 heteroatoms. The monoisotopic (exact) mass is 392 g/mol. The van der Waals surface area contributed by atoms with Gasteiger partial charge in [-0.2, -0.15) is 0 Å². The quantitative estimate of drug-likeness (QED) is 0.742. The summed E-state index contributed by atoms with van der Waals surface area (Å²) in [5.41, 5.74) is 1.51. The molecule has 0 unspecified atom stereocenters. The molecule has 1 aliphatic heterocycles. The molecular formula is C19H28N4O3S. The molecule has 2 aromatic rings. The van der Waals surface area contributed by atoms with Crippen LogP contribution in [0.3, 0.4) is 0 Å². The molecule has 7 nitrogen and oxygen atoms in total. The normalized spacial score (nSPS) is 16.4. The number of hydrogen-bond acceptors (Lipinski definition) is 5. The number of benzene rings is 1. The molecule has 1 aliphatic rings. The summed E-state index contributed by atoms with van der Waals surface area (Å²) in [4.78, 5) is 21.6. The van der Waals surface area contributed by atoms with Gasteiger partial charge in [-0.05, 0) is 18.1 Å². The first-order chi connectivity index (χ1) is 12.7. The molecule has 0 atom stereocenters. The minimum absolute atomic E-state index is 0.0112. The van der Waals surface area contributed by atoms with Gasteiger partial charge in [-0.15, -0.1) is 0 Å². The van der Waals surface area contributed by atoms with E-state index in [2.05, 4.69) is 23.7 Å². The Morgan fingerprint density at radius 3 is 2.44 bits per heavy atom. The molecule has 0 saturated carbocycles. The minimum Gasteiger partial charge on any atom is -0.339 e. The number of carbonyl (C=O) groups excluding carboxylic acids is 1. The van der Waals surface area contributed by atoms with Crippen molar-refractivity contribution in [3.8, 4) is 0 Å². The van der Waals surface area contributed by atoms with E-state index in [9.17, 15) is 13.2 Å². The van der Waals surface area contributed by atoms with Gasteiger partial charge in [0.2, 0.25) is 5.91 Å². The standard InChI is InChI=1S/C19H28N4O3S/c1-15(2)12-21-8-10-22(11-9-21)19(24)13-23-17-7-5-4-6-16(17)20-18(23)14-27(3,25)26/h4-7,15H,8-14H2,1-3H3. The van der Waals surface area contributed by atoms with Gasteiger partial charge in [-0.25, -0.2) is 13.4 Å². The van der Waals surface area contributed by atoms with Gasteiger partial charge >= 0.3 is 0 Å². The summed E-state index contributed by atoms with van der Waals surface area (Å²) in [6.45, 7) is 8.74. The Balaban J connectivity index is 1.76. The number of amides is 1. The van der Waals surface area contributed by atoms with Crippen molar-refractivity contribution >= 4 is 26.8 Å². The second-order valence-corrected chi connectivity index (χ2v) is 9.89. The lowest BCUT2D eigenvalue weighted by atomic mass is 10.2. The molecule has 0 bridgehead atoms. The van der Waals surface area contributed by atoms with Crippen LogP contribution in [-0.4, -0.2) is 72.7 Å². The first-order valence-electron chi connectivity index (χ1n) is 9.35. The molecule has 1 aromatic heterocycles. The lowest BCUT2D eigenvalue weighted by Gasteiger charge is -2.35. The number of fused-ring (bicyclic) bond motifs is 1. The van der Waals surface area contributed by atoms with Gasteiger partial charge in [-0.1, -0.05) is 26.0 Å². The van der Waals surface area contributed by atoms with Gasteiger partial charge in [0.05, 0.1) is 11.0 Å². The number of sulfone groups is 1. The Hall–Kier alpha value is -1.93. The van der Waals surface area contributed by atoms with E-state index in [0.29, 0.717) is 30.3 Å². The Morgan fingerprint density at radius 1 is 1.15 bits per heavy atom. The lowest BCUT2D eigenvalue weighted by Crippen LogP contribution is -2.50. The molecule has 0 N–H and O–H groups in total. The van der Waals surface area contributed by atoms with Crippen molar-refractivity contribution in [3.05, 3.63) is 30.1 Å². The maximum atomic E-state index is 12.9.